The van der Waals surface area contributed by atoms with Crippen molar-refractivity contribution in [3.63, 3.8) is 0 Å². The Kier molecular flexibility index (Phi) is 8.81. The molecule has 0 unspecified atom stereocenters. The number of nitrogens with zero attached hydrogens (tertiary/aromatic N) is 1. The number of benzene rings is 2. The van der Waals surface area contributed by atoms with Gasteiger partial charge < -0.3 is 25.4 Å². The van der Waals surface area contributed by atoms with Crippen LogP contribution < -0.4 is 15.4 Å². The number of hydrogen-bond acceptors (Lipinski definition) is 5. The average Bonchev–Trinajstić information content (AvgIpc) is 2.93. The number of aliphatic carboxylic acids is 1. The summed E-state index contributed by atoms with van der Waals surface area (Å²) in [7, 11) is 0. The van der Waals surface area contributed by atoms with Gasteiger partial charge in [0.2, 0.25) is 17.7 Å². The van der Waals surface area contributed by atoms with Crippen LogP contribution in [0.1, 0.15) is 57.6 Å². The maximum Gasteiger partial charge on any atom is 0.326 e. The van der Waals surface area contributed by atoms with Crippen LogP contribution in [0.25, 0.3) is 0 Å². The van der Waals surface area contributed by atoms with Gasteiger partial charge >= 0.3 is 5.97 Å². The van der Waals surface area contributed by atoms with Crippen LogP contribution >= 0.6 is 0 Å². The first kappa shape index (κ1) is 29.1. The van der Waals surface area contributed by atoms with E-state index in [0.717, 1.165) is 17.5 Å². The van der Waals surface area contributed by atoms with Crippen molar-refractivity contribution < 1.29 is 29.0 Å². The molecule has 0 radical (unpaired) electrons. The molecule has 9 heteroatoms. The monoisotopic (exact) mass is 549 g/mol. The molecular weight excluding hydrogens is 510 g/mol. The summed E-state index contributed by atoms with van der Waals surface area (Å²) in [6.45, 7) is 6.92. The second-order valence-electron chi connectivity index (χ2n) is 11.5. The van der Waals surface area contributed by atoms with E-state index < -0.39 is 28.7 Å². The predicted octanol–water partition coefficient (Wildman–Crippen LogP) is 3.70. The first-order valence-electron chi connectivity index (χ1n) is 14.0. The maximum atomic E-state index is 13.7. The number of carboxylic acid groups (broad SMARTS) is 1. The summed E-state index contributed by atoms with van der Waals surface area (Å²) in [6, 6.07) is 13.7. The van der Waals surface area contributed by atoms with Crippen LogP contribution in [0.15, 0.2) is 48.5 Å². The molecule has 3 aliphatic rings. The molecule has 0 aliphatic carbocycles. The van der Waals surface area contributed by atoms with Gasteiger partial charge in [-0.05, 0) is 61.1 Å². The van der Waals surface area contributed by atoms with E-state index in [2.05, 4.69) is 10.6 Å². The molecule has 3 aliphatic heterocycles. The Hall–Kier alpha value is -3.88. The molecule has 3 heterocycles. The van der Waals surface area contributed by atoms with E-state index in [-0.39, 0.29) is 31.2 Å². The van der Waals surface area contributed by atoms with Crippen molar-refractivity contribution >= 4 is 23.7 Å². The van der Waals surface area contributed by atoms with E-state index in [1.807, 2.05) is 49.9 Å². The second-order valence-corrected chi connectivity index (χ2v) is 11.5. The zero-order chi connectivity index (χ0) is 28.9. The van der Waals surface area contributed by atoms with Crippen molar-refractivity contribution in [3.05, 3.63) is 59.7 Å². The number of nitrogens with one attached hydrogen (secondary N) is 2. The number of rotatable bonds is 3. The summed E-state index contributed by atoms with van der Waals surface area (Å²) in [5.41, 5.74) is 0.466. The summed E-state index contributed by atoms with van der Waals surface area (Å²) in [5, 5.41) is 15.1. The number of carbonyl (C=O) groups excluding carboxylic acids is 3. The summed E-state index contributed by atoms with van der Waals surface area (Å²) in [4.78, 5) is 53.1. The topological polar surface area (TPSA) is 125 Å². The van der Waals surface area contributed by atoms with Gasteiger partial charge in [0, 0.05) is 37.9 Å². The lowest BCUT2D eigenvalue weighted by Gasteiger charge is -2.43. The van der Waals surface area contributed by atoms with Gasteiger partial charge in [-0.25, -0.2) is 4.79 Å². The second kappa shape index (κ2) is 12.1. The number of hydrogen-bond donors (Lipinski definition) is 3. The minimum absolute atomic E-state index is 0.0385. The van der Waals surface area contributed by atoms with E-state index in [1.165, 1.54) is 0 Å². The fraction of sp³-hybridized carbons (Fsp3) is 0.484. The number of likely N-dealkylation sites (tertiary alicyclic amines) is 1. The maximum absolute atomic E-state index is 13.7. The van der Waals surface area contributed by atoms with Crippen molar-refractivity contribution in [2.24, 2.45) is 10.8 Å². The average molecular weight is 550 g/mol. The minimum Gasteiger partial charge on any atom is -0.480 e. The molecule has 1 atom stereocenters. The van der Waals surface area contributed by atoms with Gasteiger partial charge in [0.15, 0.2) is 0 Å². The zero-order valence-electron chi connectivity index (χ0n) is 23.5. The molecule has 1 saturated heterocycles. The molecule has 5 rings (SSSR count). The number of piperidine rings is 1. The molecule has 0 saturated carbocycles. The SMILES string of the molecule is CCC(C)(C)C(=O)N1CCC2(CC1)Cc1cccc(c1)Oc1ccc(cc1)C[C@@H](C(=O)O)NC(=O)CCNC2=O. The van der Waals surface area contributed by atoms with E-state index >= 15 is 0 Å². The molecular formula is C31H39N3O6. The fourth-order valence-corrected chi connectivity index (χ4v) is 5.32. The molecule has 2 aromatic rings. The molecule has 3 N–H and O–H groups in total. The Morgan fingerprint density at radius 3 is 2.40 bits per heavy atom. The van der Waals surface area contributed by atoms with Crippen molar-refractivity contribution in [3.8, 4) is 11.5 Å². The summed E-state index contributed by atoms with van der Waals surface area (Å²) in [5.74, 6) is -0.422. The van der Waals surface area contributed by atoms with E-state index in [1.54, 1.807) is 24.3 Å². The quantitative estimate of drug-likeness (QED) is 0.536. The van der Waals surface area contributed by atoms with Crippen LogP contribution in [0.5, 0.6) is 11.5 Å². The lowest BCUT2D eigenvalue weighted by atomic mass is 9.72. The highest BCUT2D eigenvalue weighted by Crippen LogP contribution is 2.38. The molecule has 3 amide bonds. The molecule has 2 aromatic carbocycles. The summed E-state index contributed by atoms with van der Waals surface area (Å²) >= 11 is 0. The number of carbonyl (C=O) groups is 4. The largest absolute Gasteiger partial charge is 0.480 e. The standard InChI is InChI=1S/C31H39N3O6/c1-4-30(2,3)29(39)34-16-13-31(14-17-34)20-22-6-5-7-24(18-22)40-23-10-8-21(9-11-23)19-25(27(36)37)33-26(35)12-15-32-28(31)38/h5-11,18,25H,4,12-17,19-20H2,1-3H3,(H,32,38)(H,33,35)(H,36,37)/t25-/m0/s1. The molecule has 9 nitrogen and oxygen atoms in total. The Morgan fingerprint density at radius 2 is 1.75 bits per heavy atom. The van der Waals surface area contributed by atoms with Gasteiger partial charge in [-0.3, -0.25) is 14.4 Å². The first-order chi connectivity index (χ1) is 19.0. The van der Waals surface area contributed by atoms with Gasteiger partial charge in [0.1, 0.15) is 17.5 Å². The van der Waals surface area contributed by atoms with Gasteiger partial charge in [-0.15, -0.1) is 0 Å². The van der Waals surface area contributed by atoms with Crippen LogP contribution in [0.4, 0.5) is 0 Å². The smallest absolute Gasteiger partial charge is 0.326 e. The molecule has 1 fully saturated rings. The van der Waals surface area contributed by atoms with E-state index in [4.69, 9.17) is 4.74 Å². The van der Waals surface area contributed by atoms with Crippen LogP contribution in [-0.2, 0) is 32.0 Å². The van der Waals surface area contributed by atoms with Crippen molar-refractivity contribution in [1.29, 1.82) is 0 Å². The van der Waals surface area contributed by atoms with Gasteiger partial charge in [0.25, 0.3) is 0 Å². The number of ether oxygens (including phenoxy) is 1. The Bertz CT molecular complexity index is 1250. The van der Waals surface area contributed by atoms with Gasteiger partial charge in [0.05, 0.1) is 5.41 Å². The van der Waals surface area contributed by atoms with Crippen LogP contribution in [0.3, 0.4) is 0 Å². The molecule has 0 aromatic heterocycles. The first-order valence-corrected chi connectivity index (χ1v) is 14.0. The predicted molar refractivity (Wildman–Crippen MR) is 150 cm³/mol. The summed E-state index contributed by atoms with van der Waals surface area (Å²) in [6.07, 6.45) is 2.25. The third-order valence-electron chi connectivity index (χ3n) is 8.26. The van der Waals surface area contributed by atoms with Crippen LogP contribution in [0, 0.1) is 10.8 Å². The van der Waals surface area contributed by atoms with Crippen molar-refractivity contribution in [1.82, 2.24) is 15.5 Å². The third-order valence-corrected chi connectivity index (χ3v) is 8.26. The Balaban J connectivity index is 1.61. The molecule has 214 valence electrons. The van der Waals surface area contributed by atoms with Crippen molar-refractivity contribution in [2.45, 2.75) is 65.3 Å². The Morgan fingerprint density at radius 1 is 1.05 bits per heavy atom. The lowest BCUT2D eigenvalue weighted by Crippen LogP contribution is -2.53. The summed E-state index contributed by atoms with van der Waals surface area (Å²) < 4.78 is 6.07. The number of amides is 3. The minimum atomic E-state index is -1.13. The normalized spacial score (nSPS) is 20.1. The number of fused-ring (bicyclic) bond motifs is 9. The van der Waals surface area contributed by atoms with Crippen LogP contribution in [-0.4, -0.2) is 59.4 Å². The Labute approximate surface area is 235 Å². The molecule has 4 bridgehead atoms. The highest BCUT2D eigenvalue weighted by molar-refractivity contribution is 5.86. The third kappa shape index (κ3) is 6.81. The van der Waals surface area contributed by atoms with Gasteiger partial charge in [-0.2, -0.15) is 0 Å². The lowest BCUT2D eigenvalue weighted by molar-refractivity contribution is -0.146. The highest BCUT2D eigenvalue weighted by Gasteiger charge is 2.44. The number of carboxylic acids is 1. The van der Waals surface area contributed by atoms with Crippen molar-refractivity contribution in [2.75, 3.05) is 19.6 Å². The molecule has 40 heavy (non-hydrogen) atoms. The van der Waals surface area contributed by atoms with Gasteiger partial charge in [-0.1, -0.05) is 45.0 Å². The van der Waals surface area contributed by atoms with E-state index in [0.29, 0.717) is 43.9 Å². The van der Waals surface area contributed by atoms with E-state index in [9.17, 15) is 24.3 Å². The zero-order valence-corrected chi connectivity index (χ0v) is 23.5. The van der Waals surface area contributed by atoms with Crippen LogP contribution in [0.2, 0.25) is 0 Å². The highest BCUT2D eigenvalue weighted by atomic mass is 16.5. The fourth-order valence-electron chi connectivity index (χ4n) is 5.32. The molecule has 1 spiro atoms.